The minimum atomic E-state index is -4.27. The highest BCUT2D eigenvalue weighted by molar-refractivity contribution is 9.10. The molecule has 1 N–H and O–H groups in total. The van der Waals surface area contributed by atoms with Crippen LogP contribution in [0.1, 0.15) is 30.1 Å². The molecule has 2 nitrogen and oxygen atoms in total. The summed E-state index contributed by atoms with van der Waals surface area (Å²) < 4.78 is 42.1. The van der Waals surface area contributed by atoms with Crippen LogP contribution in [-0.2, 0) is 0 Å². The third-order valence-electron chi connectivity index (χ3n) is 2.57. The van der Waals surface area contributed by atoms with Crippen LogP contribution >= 0.6 is 15.9 Å². The van der Waals surface area contributed by atoms with E-state index in [0.29, 0.717) is 11.3 Å². The van der Waals surface area contributed by atoms with Crippen molar-refractivity contribution in [2.75, 3.05) is 7.11 Å². The Balaban J connectivity index is 2.91. The Kier molecular flexibility index (Phi) is 5.04. The smallest absolute Gasteiger partial charge is 0.389 e. The lowest BCUT2D eigenvalue weighted by molar-refractivity contribution is -0.140. The van der Waals surface area contributed by atoms with Gasteiger partial charge in [0.25, 0.3) is 0 Å². The number of methoxy groups -OCH3 is 1. The minimum absolute atomic E-state index is 0.360. The Morgan fingerprint density at radius 3 is 2.50 bits per heavy atom. The van der Waals surface area contributed by atoms with E-state index in [4.69, 9.17) is 4.74 Å². The Hall–Kier alpha value is -0.750. The lowest BCUT2D eigenvalue weighted by Gasteiger charge is -2.17. The first-order valence-corrected chi connectivity index (χ1v) is 6.12. The number of aryl methyl sites for hydroxylation is 1. The number of halogens is 4. The largest absolute Gasteiger partial charge is 0.496 e. The maximum Gasteiger partial charge on any atom is 0.389 e. The standard InChI is InChI=1S/C12H14BrF3O2/c1-7-5-11(18-2)8(6-9(7)13)10(17)3-4-12(14,15)16/h5-6,10,17H,3-4H2,1-2H3. The lowest BCUT2D eigenvalue weighted by atomic mass is 10.0. The summed E-state index contributed by atoms with van der Waals surface area (Å²) in [5.41, 5.74) is 1.25. The van der Waals surface area contributed by atoms with Gasteiger partial charge in [-0.3, -0.25) is 0 Å². The van der Waals surface area contributed by atoms with Crippen LogP contribution in [0.15, 0.2) is 16.6 Å². The molecule has 0 amide bonds. The first-order valence-electron chi connectivity index (χ1n) is 5.33. The van der Waals surface area contributed by atoms with Crippen molar-refractivity contribution in [3.63, 3.8) is 0 Å². The van der Waals surface area contributed by atoms with Crippen molar-refractivity contribution in [1.82, 2.24) is 0 Å². The lowest BCUT2D eigenvalue weighted by Crippen LogP contribution is -2.10. The van der Waals surface area contributed by atoms with E-state index in [0.717, 1.165) is 10.0 Å². The molecule has 0 aliphatic rings. The number of hydrogen-bond donors (Lipinski definition) is 1. The van der Waals surface area contributed by atoms with Gasteiger partial charge in [-0.15, -0.1) is 0 Å². The van der Waals surface area contributed by atoms with Gasteiger partial charge in [-0.2, -0.15) is 13.2 Å². The zero-order chi connectivity index (χ0) is 13.9. The van der Waals surface area contributed by atoms with Crippen molar-refractivity contribution in [2.24, 2.45) is 0 Å². The van der Waals surface area contributed by atoms with Crippen LogP contribution in [0.2, 0.25) is 0 Å². The molecule has 1 atom stereocenters. The van der Waals surface area contributed by atoms with Crippen LogP contribution in [0, 0.1) is 6.92 Å². The number of hydrogen-bond acceptors (Lipinski definition) is 2. The van der Waals surface area contributed by atoms with Gasteiger partial charge in [-0.25, -0.2) is 0 Å². The van der Waals surface area contributed by atoms with Crippen LogP contribution in [0.4, 0.5) is 13.2 Å². The van der Waals surface area contributed by atoms with Gasteiger partial charge in [-0.05, 0) is 31.0 Å². The highest BCUT2D eigenvalue weighted by atomic mass is 79.9. The second-order valence-corrected chi connectivity index (χ2v) is 4.87. The summed E-state index contributed by atoms with van der Waals surface area (Å²) in [6, 6.07) is 3.27. The molecule has 1 rings (SSSR count). The van der Waals surface area contributed by atoms with E-state index in [9.17, 15) is 18.3 Å². The van der Waals surface area contributed by atoms with Crippen molar-refractivity contribution >= 4 is 15.9 Å². The Morgan fingerprint density at radius 2 is 2.00 bits per heavy atom. The van der Waals surface area contributed by atoms with Crippen molar-refractivity contribution in [3.8, 4) is 5.75 Å². The fourth-order valence-corrected chi connectivity index (χ4v) is 1.92. The summed E-state index contributed by atoms with van der Waals surface area (Å²) >= 11 is 3.28. The van der Waals surface area contributed by atoms with E-state index in [1.54, 1.807) is 12.1 Å². The van der Waals surface area contributed by atoms with Crippen molar-refractivity contribution in [1.29, 1.82) is 0 Å². The Morgan fingerprint density at radius 1 is 1.39 bits per heavy atom. The second kappa shape index (κ2) is 5.93. The molecule has 1 aromatic rings. The molecule has 0 aromatic heterocycles. The molecule has 0 aliphatic carbocycles. The molecule has 1 unspecified atom stereocenters. The third-order valence-corrected chi connectivity index (χ3v) is 3.43. The number of aliphatic hydroxyl groups is 1. The van der Waals surface area contributed by atoms with Gasteiger partial charge in [0.2, 0.25) is 0 Å². The van der Waals surface area contributed by atoms with Crippen LogP contribution in [0.5, 0.6) is 5.75 Å². The highest BCUT2D eigenvalue weighted by Crippen LogP contribution is 2.35. The fourth-order valence-electron chi connectivity index (χ4n) is 1.56. The number of aliphatic hydroxyl groups excluding tert-OH is 1. The zero-order valence-corrected chi connectivity index (χ0v) is 11.6. The first-order chi connectivity index (χ1) is 8.24. The van der Waals surface area contributed by atoms with E-state index in [1.165, 1.54) is 7.11 Å². The normalized spacial score (nSPS) is 13.5. The maximum atomic E-state index is 12.1. The Labute approximate surface area is 112 Å². The summed E-state index contributed by atoms with van der Waals surface area (Å²) in [6.07, 6.45) is -6.87. The van der Waals surface area contributed by atoms with E-state index >= 15 is 0 Å². The van der Waals surface area contributed by atoms with Crippen LogP contribution in [0.3, 0.4) is 0 Å². The molecule has 0 spiro atoms. The first kappa shape index (κ1) is 15.3. The van der Waals surface area contributed by atoms with Gasteiger partial charge in [0.1, 0.15) is 5.75 Å². The predicted molar refractivity (Wildman–Crippen MR) is 65.7 cm³/mol. The molecule has 18 heavy (non-hydrogen) atoms. The van der Waals surface area contributed by atoms with Gasteiger partial charge in [0, 0.05) is 16.5 Å². The summed E-state index contributed by atoms with van der Waals surface area (Å²) in [5, 5.41) is 9.81. The molecular formula is C12H14BrF3O2. The molecular weight excluding hydrogens is 313 g/mol. The molecule has 0 aliphatic heterocycles. The molecule has 0 saturated heterocycles. The average molecular weight is 327 g/mol. The zero-order valence-electron chi connectivity index (χ0n) is 10.0. The third kappa shape index (κ3) is 4.17. The fraction of sp³-hybridized carbons (Fsp3) is 0.500. The Bertz CT molecular complexity index is 419. The monoisotopic (exact) mass is 326 g/mol. The van der Waals surface area contributed by atoms with Crippen molar-refractivity contribution < 1.29 is 23.0 Å². The highest BCUT2D eigenvalue weighted by Gasteiger charge is 2.29. The van der Waals surface area contributed by atoms with E-state index < -0.39 is 18.7 Å². The quantitative estimate of drug-likeness (QED) is 0.900. The summed E-state index contributed by atoms with van der Waals surface area (Å²) in [4.78, 5) is 0. The van der Waals surface area contributed by atoms with Crippen LogP contribution < -0.4 is 4.74 Å². The number of benzene rings is 1. The van der Waals surface area contributed by atoms with Crippen LogP contribution in [-0.4, -0.2) is 18.4 Å². The van der Waals surface area contributed by atoms with Crippen LogP contribution in [0.25, 0.3) is 0 Å². The number of alkyl halides is 3. The van der Waals surface area contributed by atoms with Gasteiger partial charge in [0.15, 0.2) is 0 Å². The molecule has 0 saturated carbocycles. The van der Waals surface area contributed by atoms with Gasteiger partial charge < -0.3 is 9.84 Å². The number of ether oxygens (including phenoxy) is 1. The predicted octanol–water partition coefficient (Wildman–Crippen LogP) is 4.14. The summed E-state index contributed by atoms with van der Waals surface area (Å²) in [6.45, 7) is 1.83. The molecule has 0 radical (unpaired) electrons. The second-order valence-electron chi connectivity index (χ2n) is 4.01. The number of rotatable bonds is 4. The maximum absolute atomic E-state index is 12.1. The van der Waals surface area contributed by atoms with E-state index in [-0.39, 0.29) is 6.42 Å². The average Bonchev–Trinajstić information content (AvgIpc) is 2.28. The van der Waals surface area contributed by atoms with Gasteiger partial charge >= 0.3 is 6.18 Å². The van der Waals surface area contributed by atoms with Gasteiger partial charge in [-0.1, -0.05) is 15.9 Å². The molecule has 102 valence electrons. The molecule has 0 heterocycles. The minimum Gasteiger partial charge on any atom is -0.496 e. The van der Waals surface area contributed by atoms with Gasteiger partial charge in [0.05, 0.1) is 13.2 Å². The summed E-state index contributed by atoms with van der Waals surface area (Å²) in [7, 11) is 1.42. The summed E-state index contributed by atoms with van der Waals surface area (Å²) in [5.74, 6) is 0.394. The van der Waals surface area contributed by atoms with Crippen molar-refractivity contribution in [3.05, 3.63) is 27.7 Å². The topological polar surface area (TPSA) is 29.5 Å². The molecule has 0 fully saturated rings. The molecule has 1 aromatic carbocycles. The van der Waals surface area contributed by atoms with Crippen molar-refractivity contribution in [2.45, 2.75) is 32.0 Å². The van der Waals surface area contributed by atoms with E-state index in [2.05, 4.69) is 15.9 Å². The molecule has 0 bridgehead atoms. The van der Waals surface area contributed by atoms with E-state index in [1.807, 2.05) is 6.92 Å². The SMILES string of the molecule is COc1cc(C)c(Br)cc1C(O)CCC(F)(F)F. The molecule has 6 heteroatoms.